The average Bonchev–Trinajstić information content (AvgIpc) is 3.34. The summed E-state index contributed by atoms with van der Waals surface area (Å²) in [7, 11) is -5.08. The maximum absolute atomic E-state index is 13.2. The predicted molar refractivity (Wildman–Crippen MR) is 292 cm³/mol. The first-order chi connectivity index (χ1) is 34.5. The molecule has 0 aromatic carbocycles. The Hall–Kier alpha value is -0.900. The summed E-state index contributed by atoms with van der Waals surface area (Å²) >= 11 is 0. The first-order valence-corrected chi connectivity index (χ1v) is 31.8. The molecule has 1 amide bonds. The zero-order chi connectivity index (χ0) is 51.9. The first-order valence-electron chi connectivity index (χ1n) is 30.4. The summed E-state index contributed by atoms with van der Waals surface area (Å²) in [6, 6.07) is -0.853. The molecule has 0 saturated carbocycles. The van der Waals surface area contributed by atoms with Crippen LogP contribution < -0.4 is 5.32 Å². The second-order valence-corrected chi connectivity index (χ2v) is 22.7. The number of aliphatic hydroxyl groups is 4. The van der Waals surface area contributed by atoms with Crippen LogP contribution in [-0.4, -0.2) is 95.4 Å². The van der Waals surface area contributed by atoms with E-state index in [-0.39, 0.29) is 12.5 Å². The molecule has 1 aliphatic heterocycles. The second kappa shape index (κ2) is 48.7. The van der Waals surface area contributed by atoms with Crippen molar-refractivity contribution in [1.82, 2.24) is 5.32 Å². The van der Waals surface area contributed by atoms with Crippen molar-refractivity contribution in [2.45, 2.75) is 352 Å². The van der Waals surface area contributed by atoms with Gasteiger partial charge in [-0.15, -0.1) is 0 Å². The molecule has 1 aliphatic rings. The number of unbranched alkanes of at least 4 members (excludes halogenated alkanes) is 42. The fourth-order valence-electron chi connectivity index (χ4n) is 10.2. The molecular formula is C58H115NO11S. The van der Waals surface area contributed by atoms with Crippen molar-refractivity contribution < 1.29 is 51.8 Å². The molecule has 12 nitrogen and oxygen atoms in total. The van der Waals surface area contributed by atoms with E-state index in [2.05, 4.69) is 23.3 Å². The van der Waals surface area contributed by atoms with Crippen LogP contribution >= 0.6 is 0 Å². The van der Waals surface area contributed by atoms with Crippen LogP contribution in [0.1, 0.15) is 309 Å². The molecule has 1 fully saturated rings. The van der Waals surface area contributed by atoms with Gasteiger partial charge in [0.25, 0.3) is 0 Å². The molecule has 0 bridgehead atoms. The summed E-state index contributed by atoms with van der Waals surface area (Å²) in [6.07, 6.45) is 48.3. The van der Waals surface area contributed by atoms with Crippen LogP contribution in [0.4, 0.5) is 0 Å². The van der Waals surface area contributed by atoms with Crippen LogP contribution in [0.3, 0.4) is 0 Å². The normalized spacial score (nSPS) is 19.3. The van der Waals surface area contributed by atoms with Gasteiger partial charge in [-0.25, -0.2) is 4.18 Å². The minimum absolute atomic E-state index is 0.221. The predicted octanol–water partition coefficient (Wildman–Crippen LogP) is 14.5. The van der Waals surface area contributed by atoms with E-state index in [4.69, 9.17) is 9.47 Å². The number of amides is 1. The van der Waals surface area contributed by atoms with Crippen molar-refractivity contribution in [3.63, 3.8) is 0 Å². The van der Waals surface area contributed by atoms with Gasteiger partial charge in [-0.05, 0) is 12.8 Å². The molecule has 71 heavy (non-hydrogen) atoms. The number of carbonyl (C=O) groups is 1. The standard InChI is InChI=1S/C58H115NO11S/c1-3-5-7-9-11-13-15-17-19-21-22-23-24-25-26-27-28-29-30-32-34-36-38-40-42-44-46-48-54(62)59-51(50-68-58-56(64)57(70-71(65,66)67)55(63)53(49-60)69-58)52(61)47-45-43-41-39-37-35-33-31-20-18-16-14-12-10-8-6-4-2/h51-53,55-58,60-61,63-64H,3-50H2,1-2H3,(H,59,62)(H,65,66,67). The van der Waals surface area contributed by atoms with E-state index < -0.39 is 59.9 Å². The van der Waals surface area contributed by atoms with Gasteiger partial charge in [0, 0.05) is 6.42 Å². The van der Waals surface area contributed by atoms with Gasteiger partial charge in [0.05, 0.1) is 25.4 Å². The molecule has 7 unspecified atom stereocenters. The van der Waals surface area contributed by atoms with Crippen LogP contribution in [0.25, 0.3) is 0 Å². The average molecular weight is 1030 g/mol. The Morgan fingerprint density at radius 2 is 0.817 bits per heavy atom. The third-order valence-corrected chi connectivity index (χ3v) is 15.4. The topological polar surface area (TPSA) is 192 Å². The number of nitrogens with one attached hydrogen (secondary N) is 1. The first kappa shape index (κ1) is 68.1. The highest BCUT2D eigenvalue weighted by atomic mass is 32.3. The fraction of sp³-hybridized carbons (Fsp3) is 0.983. The largest absolute Gasteiger partial charge is 0.397 e. The Morgan fingerprint density at radius 1 is 0.507 bits per heavy atom. The Morgan fingerprint density at radius 3 is 1.13 bits per heavy atom. The molecule has 7 atom stereocenters. The number of carbonyl (C=O) groups excluding carboxylic acids is 1. The van der Waals surface area contributed by atoms with Gasteiger partial charge in [-0.3, -0.25) is 9.35 Å². The van der Waals surface area contributed by atoms with Gasteiger partial charge in [-0.2, -0.15) is 8.42 Å². The van der Waals surface area contributed by atoms with E-state index in [0.717, 1.165) is 51.4 Å². The summed E-state index contributed by atoms with van der Waals surface area (Å²) in [5.74, 6) is -0.221. The molecule has 0 aromatic rings. The van der Waals surface area contributed by atoms with Crippen molar-refractivity contribution in [3.8, 4) is 0 Å². The molecule has 0 radical (unpaired) electrons. The molecular weight excluding hydrogens is 919 g/mol. The summed E-state index contributed by atoms with van der Waals surface area (Å²) in [6.45, 7) is 3.51. The third kappa shape index (κ3) is 41.0. The smallest absolute Gasteiger partial charge is 0.394 e. The molecule has 6 N–H and O–H groups in total. The molecule has 1 rings (SSSR count). The van der Waals surface area contributed by atoms with Crippen LogP contribution in [0.15, 0.2) is 0 Å². The van der Waals surface area contributed by atoms with E-state index >= 15 is 0 Å². The quantitative estimate of drug-likeness (QED) is 0.0251. The zero-order valence-corrected chi connectivity index (χ0v) is 46.9. The Bertz CT molecular complexity index is 1260. The van der Waals surface area contributed by atoms with Crippen LogP contribution in [-0.2, 0) is 28.9 Å². The molecule has 13 heteroatoms. The van der Waals surface area contributed by atoms with E-state index in [1.165, 1.54) is 231 Å². The van der Waals surface area contributed by atoms with Gasteiger partial charge in [0.1, 0.15) is 24.4 Å². The monoisotopic (exact) mass is 1030 g/mol. The fourth-order valence-corrected chi connectivity index (χ4v) is 10.7. The second-order valence-electron chi connectivity index (χ2n) is 21.7. The van der Waals surface area contributed by atoms with E-state index in [9.17, 15) is 38.2 Å². The van der Waals surface area contributed by atoms with Crippen molar-refractivity contribution >= 4 is 16.3 Å². The Labute approximate surface area is 437 Å². The maximum Gasteiger partial charge on any atom is 0.397 e. The lowest BCUT2D eigenvalue weighted by Gasteiger charge is -2.41. The molecule has 0 spiro atoms. The molecule has 1 saturated heterocycles. The lowest BCUT2D eigenvalue weighted by molar-refractivity contribution is -0.298. The molecule has 424 valence electrons. The molecule has 1 heterocycles. The lowest BCUT2D eigenvalue weighted by Crippen LogP contribution is -2.61. The molecule has 0 aliphatic carbocycles. The number of ether oxygens (including phenoxy) is 2. The maximum atomic E-state index is 13.2. The van der Waals surface area contributed by atoms with E-state index in [1.54, 1.807) is 0 Å². The van der Waals surface area contributed by atoms with Gasteiger partial charge in [0.15, 0.2) is 6.29 Å². The highest BCUT2D eigenvalue weighted by Crippen LogP contribution is 2.26. The third-order valence-electron chi connectivity index (χ3n) is 14.9. The van der Waals surface area contributed by atoms with Crippen LogP contribution in [0, 0.1) is 0 Å². The van der Waals surface area contributed by atoms with E-state index in [1.807, 2.05) is 0 Å². The van der Waals surface area contributed by atoms with Gasteiger partial charge in [0.2, 0.25) is 5.91 Å². The van der Waals surface area contributed by atoms with Crippen molar-refractivity contribution in [1.29, 1.82) is 0 Å². The van der Waals surface area contributed by atoms with Crippen molar-refractivity contribution in [2.75, 3.05) is 13.2 Å². The summed E-state index contributed by atoms with van der Waals surface area (Å²) in [5, 5.41) is 45.1. The summed E-state index contributed by atoms with van der Waals surface area (Å²) in [5.41, 5.74) is 0. The van der Waals surface area contributed by atoms with Gasteiger partial charge >= 0.3 is 10.4 Å². The molecule has 0 aromatic heterocycles. The number of rotatable bonds is 54. The van der Waals surface area contributed by atoms with Crippen molar-refractivity contribution in [2.24, 2.45) is 0 Å². The minimum atomic E-state index is -5.08. The highest BCUT2D eigenvalue weighted by Gasteiger charge is 2.48. The van der Waals surface area contributed by atoms with Crippen LogP contribution in [0.5, 0.6) is 0 Å². The lowest BCUT2D eigenvalue weighted by atomic mass is 9.99. The van der Waals surface area contributed by atoms with Gasteiger partial charge in [-0.1, -0.05) is 290 Å². The number of aliphatic hydroxyl groups excluding tert-OH is 4. The summed E-state index contributed by atoms with van der Waals surface area (Å²) in [4.78, 5) is 13.2. The SMILES string of the molecule is CCCCCCCCCCCCCCCCCCCCCCCCCCCCCC(=O)NC(COC1OC(CO)C(O)C(OS(=O)(=O)O)C1O)C(O)CCCCCCCCCCCCCCCCCCC. The Kier molecular flexibility index (Phi) is 46.7. The van der Waals surface area contributed by atoms with Crippen molar-refractivity contribution in [3.05, 3.63) is 0 Å². The Balaban J connectivity index is 2.28. The zero-order valence-electron chi connectivity index (χ0n) is 46.1. The number of hydrogen-bond acceptors (Lipinski definition) is 10. The van der Waals surface area contributed by atoms with E-state index in [0.29, 0.717) is 12.8 Å². The number of hydrogen-bond donors (Lipinski definition) is 6. The minimum Gasteiger partial charge on any atom is -0.394 e. The van der Waals surface area contributed by atoms with Gasteiger partial charge < -0.3 is 35.2 Å². The van der Waals surface area contributed by atoms with Crippen LogP contribution in [0.2, 0.25) is 0 Å². The summed E-state index contributed by atoms with van der Waals surface area (Å²) < 4.78 is 47.9. The highest BCUT2D eigenvalue weighted by molar-refractivity contribution is 7.80.